The number of benzene rings is 2. The molecule has 2 heterocycles. The monoisotopic (exact) mass is 408 g/mol. The first kappa shape index (κ1) is 19.6. The van der Waals surface area contributed by atoms with E-state index >= 15 is 0 Å². The zero-order valence-corrected chi connectivity index (χ0v) is 17.9. The number of nitrogens with zero attached hydrogens (tertiary/aromatic N) is 2. The van der Waals surface area contributed by atoms with Gasteiger partial charge in [-0.25, -0.2) is 4.98 Å². The molecule has 1 amide bonds. The van der Waals surface area contributed by atoms with E-state index in [9.17, 15) is 4.79 Å². The van der Waals surface area contributed by atoms with Crippen LogP contribution < -0.4 is 14.4 Å². The number of fused-ring (bicyclic) bond motifs is 2. The first-order valence-corrected chi connectivity index (χ1v) is 10.6. The second-order valence-corrected chi connectivity index (χ2v) is 8.21. The van der Waals surface area contributed by atoms with Crippen molar-refractivity contribution < 1.29 is 14.3 Å². The second-order valence-electron chi connectivity index (χ2n) is 7.24. The summed E-state index contributed by atoms with van der Waals surface area (Å²) in [6, 6.07) is 14.2. The summed E-state index contributed by atoms with van der Waals surface area (Å²) >= 11 is 1.48. The molecule has 0 bridgehead atoms. The lowest BCUT2D eigenvalue weighted by molar-refractivity contribution is -0.116. The molecular weight excluding hydrogens is 384 g/mol. The van der Waals surface area contributed by atoms with E-state index in [4.69, 9.17) is 14.5 Å². The Labute approximate surface area is 175 Å². The minimum absolute atomic E-state index is 0.112. The van der Waals surface area contributed by atoms with Crippen molar-refractivity contribution in [3.63, 3.8) is 0 Å². The van der Waals surface area contributed by atoms with Crippen LogP contribution >= 0.6 is 11.8 Å². The quantitative estimate of drug-likeness (QED) is 0.576. The number of aryl methyl sites for hydroxylation is 1. The number of ether oxygens (including phenoxy) is 2. The molecule has 2 aromatic carbocycles. The summed E-state index contributed by atoms with van der Waals surface area (Å²) in [5.41, 5.74) is 4.13. The molecule has 0 aliphatic carbocycles. The lowest BCUT2D eigenvalue weighted by atomic mass is 10.1. The smallest absolute Gasteiger partial charge is 0.237 e. The minimum atomic E-state index is 0.112. The van der Waals surface area contributed by atoms with E-state index in [0.29, 0.717) is 17.3 Å². The number of para-hydroxylation sites is 1. The Morgan fingerprint density at radius 3 is 2.66 bits per heavy atom. The third kappa shape index (κ3) is 3.65. The molecule has 29 heavy (non-hydrogen) atoms. The van der Waals surface area contributed by atoms with E-state index in [1.165, 1.54) is 17.3 Å². The number of hydrogen-bond donors (Lipinski definition) is 0. The molecule has 1 unspecified atom stereocenters. The normalized spacial score (nSPS) is 15.4. The minimum Gasteiger partial charge on any atom is -0.493 e. The fourth-order valence-electron chi connectivity index (χ4n) is 3.88. The Hall–Kier alpha value is -2.73. The summed E-state index contributed by atoms with van der Waals surface area (Å²) in [6.07, 6.45) is 0.904. The summed E-state index contributed by atoms with van der Waals surface area (Å²) in [4.78, 5) is 19.7. The third-order valence-electron chi connectivity index (χ3n) is 5.27. The fraction of sp³-hybridized carbons (Fsp3) is 0.304. The van der Waals surface area contributed by atoms with Crippen molar-refractivity contribution in [3.05, 3.63) is 53.6 Å². The molecule has 3 aromatic rings. The van der Waals surface area contributed by atoms with Crippen LogP contribution in [0.2, 0.25) is 0 Å². The summed E-state index contributed by atoms with van der Waals surface area (Å²) in [5, 5.41) is 1.84. The number of anilines is 1. The van der Waals surface area contributed by atoms with Gasteiger partial charge in [-0.1, -0.05) is 30.0 Å². The van der Waals surface area contributed by atoms with Crippen LogP contribution in [0.25, 0.3) is 10.9 Å². The molecule has 1 aromatic heterocycles. The molecule has 1 atom stereocenters. The van der Waals surface area contributed by atoms with Gasteiger partial charge in [0, 0.05) is 23.2 Å². The molecule has 0 radical (unpaired) electrons. The standard InChI is InChI=1S/C23H24N2O3S/c1-14-9-17-11-20(27-3)21(28-4)12-18(17)24-23(14)29-13-22(26)25-15(2)10-16-7-5-6-8-19(16)25/h5-9,11-12,15H,10,13H2,1-4H3. The van der Waals surface area contributed by atoms with Crippen LogP contribution in [-0.2, 0) is 11.2 Å². The molecule has 0 spiro atoms. The van der Waals surface area contributed by atoms with Crippen LogP contribution in [0.5, 0.6) is 11.5 Å². The summed E-state index contributed by atoms with van der Waals surface area (Å²) in [6.45, 7) is 4.12. The highest BCUT2D eigenvalue weighted by molar-refractivity contribution is 8.00. The number of carbonyl (C=O) groups is 1. The topological polar surface area (TPSA) is 51.7 Å². The maximum Gasteiger partial charge on any atom is 0.237 e. The molecule has 4 rings (SSSR count). The van der Waals surface area contributed by atoms with Crippen LogP contribution in [0.1, 0.15) is 18.1 Å². The Bertz CT molecular complexity index is 1080. The van der Waals surface area contributed by atoms with Crippen molar-refractivity contribution in [2.45, 2.75) is 31.3 Å². The number of pyridine rings is 1. The van der Waals surface area contributed by atoms with E-state index in [1.54, 1.807) is 14.2 Å². The molecule has 0 fully saturated rings. The molecule has 5 nitrogen and oxygen atoms in total. The van der Waals surface area contributed by atoms with Crippen molar-refractivity contribution in [1.82, 2.24) is 4.98 Å². The van der Waals surface area contributed by atoms with Gasteiger partial charge in [0.25, 0.3) is 0 Å². The van der Waals surface area contributed by atoms with Gasteiger partial charge in [0.15, 0.2) is 11.5 Å². The molecule has 0 saturated carbocycles. The lowest BCUT2D eigenvalue weighted by Gasteiger charge is -2.22. The molecule has 1 aliphatic heterocycles. The number of rotatable bonds is 5. The Balaban J connectivity index is 1.56. The molecule has 0 N–H and O–H groups in total. The van der Waals surface area contributed by atoms with Crippen molar-refractivity contribution in [3.8, 4) is 11.5 Å². The zero-order chi connectivity index (χ0) is 20.5. The van der Waals surface area contributed by atoms with Crippen LogP contribution in [0.3, 0.4) is 0 Å². The number of methoxy groups -OCH3 is 2. The van der Waals surface area contributed by atoms with Crippen LogP contribution in [0, 0.1) is 6.92 Å². The number of hydrogen-bond acceptors (Lipinski definition) is 5. The van der Waals surface area contributed by atoms with Crippen LogP contribution in [-0.4, -0.2) is 36.9 Å². The van der Waals surface area contributed by atoms with Gasteiger partial charge < -0.3 is 14.4 Å². The molecule has 150 valence electrons. The largest absolute Gasteiger partial charge is 0.493 e. The molecule has 6 heteroatoms. The van der Waals surface area contributed by atoms with Crippen molar-refractivity contribution >= 4 is 34.3 Å². The predicted molar refractivity (Wildman–Crippen MR) is 117 cm³/mol. The van der Waals surface area contributed by atoms with Crippen LogP contribution in [0.15, 0.2) is 47.5 Å². The fourth-order valence-corrected chi connectivity index (χ4v) is 4.73. The Kier molecular flexibility index (Phi) is 5.37. The maximum absolute atomic E-state index is 13.0. The van der Waals surface area contributed by atoms with Gasteiger partial charge in [0.2, 0.25) is 5.91 Å². The van der Waals surface area contributed by atoms with Crippen molar-refractivity contribution in [2.75, 3.05) is 24.9 Å². The maximum atomic E-state index is 13.0. The van der Waals surface area contributed by atoms with E-state index in [1.807, 2.05) is 42.2 Å². The number of aromatic nitrogens is 1. The third-order valence-corrected chi connectivity index (χ3v) is 6.35. The van der Waals surface area contributed by atoms with Gasteiger partial charge in [-0.2, -0.15) is 0 Å². The first-order chi connectivity index (χ1) is 14.0. The zero-order valence-electron chi connectivity index (χ0n) is 17.1. The van der Waals surface area contributed by atoms with Crippen LogP contribution in [0.4, 0.5) is 5.69 Å². The second kappa shape index (κ2) is 7.95. The molecule has 1 aliphatic rings. The highest BCUT2D eigenvalue weighted by atomic mass is 32.2. The highest BCUT2D eigenvalue weighted by Crippen LogP contribution is 2.35. The highest BCUT2D eigenvalue weighted by Gasteiger charge is 2.30. The summed E-state index contributed by atoms with van der Waals surface area (Å²) in [7, 11) is 3.23. The van der Waals surface area contributed by atoms with Gasteiger partial charge in [-0.3, -0.25) is 4.79 Å². The van der Waals surface area contributed by atoms with E-state index in [0.717, 1.165) is 33.6 Å². The Morgan fingerprint density at radius 2 is 1.90 bits per heavy atom. The SMILES string of the molecule is COc1cc2cc(C)c(SCC(=O)N3c4ccccc4CC3C)nc2cc1OC. The number of thioether (sulfide) groups is 1. The number of amides is 1. The van der Waals surface area contributed by atoms with Gasteiger partial charge in [0.1, 0.15) is 5.03 Å². The predicted octanol–water partition coefficient (Wildman–Crippen LogP) is 4.63. The molecule has 0 saturated heterocycles. The van der Waals surface area contributed by atoms with Gasteiger partial charge >= 0.3 is 0 Å². The van der Waals surface area contributed by atoms with Gasteiger partial charge in [0.05, 0.1) is 25.5 Å². The van der Waals surface area contributed by atoms with E-state index < -0.39 is 0 Å². The van der Waals surface area contributed by atoms with Crippen molar-refractivity contribution in [1.29, 1.82) is 0 Å². The van der Waals surface area contributed by atoms with Gasteiger partial charge in [-0.15, -0.1) is 0 Å². The lowest BCUT2D eigenvalue weighted by Crippen LogP contribution is -2.37. The summed E-state index contributed by atoms with van der Waals surface area (Å²) in [5.74, 6) is 1.79. The first-order valence-electron chi connectivity index (χ1n) is 9.58. The molecular formula is C23H24N2O3S. The average molecular weight is 409 g/mol. The average Bonchev–Trinajstić information content (AvgIpc) is 3.06. The van der Waals surface area contributed by atoms with Crippen molar-refractivity contribution in [2.24, 2.45) is 0 Å². The summed E-state index contributed by atoms with van der Waals surface area (Å²) < 4.78 is 10.8. The van der Waals surface area contributed by atoms with E-state index in [2.05, 4.69) is 19.1 Å². The van der Waals surface area contributed by atoms with Gasteiger partial charge in [-0.05, 0) is 49.6 Å². The number of carbonyl (C=O) groups excluding carboxylic acids is 1. The van der Waals surface area contributed by atoms with E-state index in [-0.39, 0.29) is 11.9 Å². The Morgan fingerprint density at radius 1 is 1.17 bits per heavy atom.